The summed E-state index contributed by atoms with van der Waals surface area (Å²) in [6.45, 7) is 7.17. The second kappa shape index (κ2) is 6.84. The van der Waals surface area contributed by atoms with E-state index in [1.807, 2.05) is 18.0 Å². The minimum atomic E-state index is -3.04. The molecule has 2 heterocycles. The first-order chi connectivity index (χ1) is 11.0. The molecule has 1 saturated heterocycles. The van der Waals surface area contributed by atoms with Gasteiger partial charge >= 0.3 is 0 Å². The van der Waals surface area contributed by atoms with Gasteiger partial charge in [-0.1, -0.05) is 20.8 Å². The average Bonchev–Trinajstić information content (AvgIpc) is 2.91. The number of aromatic nitrogens is 2. The molecule has 1 fully saturated rings. The second-order valence-electron chi connectivity index (χ2n) is 7.73. The van der Waals surface area contributed by atoms with Crippen LogP contribution in [0.15, 0.2) is 6.07 Å². The van der Waals surface area contributed by atoms with E-state index in [9.17, 15) is 13.2 Å². The zero-order valence-corrected chi connectivity index (χ0v) is 16.0. The van der Waals surface area contributed by atoms with Gasteiger partial charge < -0.3 is 9.80 Å². The van der Waals surface area contributed by atoms with Crippen molar-refractivity contribution < 1.29 is 13.2 Å². The second-order valence-corrected chi connectivity index (χ2v) is 9.96. The summed E-state index contributed by atoms with van der Waals surface area (Å²) in [4.78, 5) is 16.0. The van der Waals surface area contributed by atoms with Crippen molar-refractivity contribution in [2.24, 2.45) is 0 Å². The summed E-state index contributed by atoms with van der Waals surface area (Å²) in [5.74, 6) is 0.172. The van der Waals surface area contributed by atoms with E-state index in [0.717, 1.165) is 11.4 Å². The van der Waals surface area contributed by atoms with Crippen LogP contribution in [0.3, 0.4) is 0 Å². The molecular weight excluding hydrogens is 328 g/mol. The number of amides is 1. The van der Waals surface area contributed by atoms with E-state index in [0.29, 0.717) is 13.1 Å². The van der Waals surface area contributed by atoms with Gasteiger partial charge in [-0.25, -0.2) is 8.42 Å². The van der Waals surface area contributed by atoms with Crippen LogP contribution in [-0.2, 0) is 26.6 Å². The zero-order chi connectivity index (χ0) is 18.1. The van der Waals surface area contributed by atoms with Gasteiger partial charge in [-0.3, -0.25) is 9.89 Å². The summed E-state index contributed by atoms with van der Waals surface area (Å²) in [5, 5.41) is 7.27. The maximum atomic E-state index is 12.4. The number of sulfone groups is 1. The summed E-state index contributed by atoms with van der Waals surface area (Å²) in [6.07, 6.45) is 0.215. The molecule has 1 aromatic heterocycles. The number of carbonyl (C=O) groups is 1. The minimum absolute atomic E-state index is 0.0451. The predicted octanol–water partition coefficient (Wildman–Crippen LogP) is 0.785. The Balaban J connectivity index is 1.96. The van der Waals surface area contributed by atoms with Crippen molar-refractivity contribution in [3.63, 3.8) is 0 Å². The van der Waals surface area contributed by atoms with E-state index in [4.69, 9.17) is 0 Å². The smallest absolute Gasteiger partial charge is 0.224 e. The Hall–Kier alpha value is -1.41. The minimum Gasteiger partial charge on any atom is -0.340 e. The molecule has 0 spiro atoms. The summed E-state index contributed by atoms with van der Waals surface area (Å²) in [5.41, 5.74) is 1.79. The highest BCUT2D eigenvalue weighted by molar-refractivity contribution is 7.91. The summed E-state index contributed by atoms with van der Waals surface area (Å²) >= 11 is 0. The van der Waals surface area contributed by atoms with Gasteiger partial charge in [-0.05, 0) is 13.1 Å². The Morgan fingerprint density at radius 2 is 2.12 bits per heavy atom. The highest BCUT2D eigenvalue weighted by atomic mass is 32.2. The molecule has 0 saturated carbocycles. The highest BCUT2D eigenvalue weighted by Gasteiger charge is 2.31. The molecule has 1 aromatic rings. The monoisotopic (exact) mass is 356 g/mol. The molecule has 1 amide bonds. The lowest BCUT2D eigenvalue weighted by Crippen LogP contribution is -2.48. The first-order valence-corrected chi connectivity index (χ1v) is 9.99. The summed E-state index contributed by atoms with van der Waals surface area (Å²) in [7, 11) is 0.569. The van der Waals surface area contributed by atoms with Gasteiger partial charge in [0.2, 0.25) is 5.91 Å². The van der Waals surface area contributed by atoms with Crippen LogP contribution in [-0.4, -0.2) is 72.5 Å². The van der Waals surface area contributed by atoms with Gasteiger partial charge in [0, 0.05) is 31.5 Å². The van der Waals surface area contributed by atoms with Crippen molar-refractivity contribution in [1.29, 1.82) is 0 Å². The molecule has 0 aliphatic carbocycles. The molecule has 1 unspecified atom stereocenters. The van der Waals surface area contributed by atoms with E-state index in [1.165, 1.54) is 0 Å². The number of nitrogens with zero attached hydrogens (tertiary/aromatic N) is 3. The molecule has 136 valence electrons. The maximum absolute atomic E-state index is 12.4. The fourth-order valence-corrected chi connectivity index (χ4v) is 4.40. The zero-order valence-electron chi connectivity index (χ0n) is 15.2. The van der Waals surface area contributed by atoms with Crippen molar-refractivity contribution in [2.75, 3.05) is 32.1 Å². The molecule has 1 N–H and O–H groups in total. The Morgan fingerprint density at radius 1 is 1.46 bits per heavy atom. The van der Waals surface area contributed by atoms with Crippen LogP contribution >= 0.6 is 0 Å². The molecule has 0 aromatic carbocycles. The molecule has 24 heavy (non-hydrogen) atoms. The molecule has 8 heteroatoms. The Morgan fingerprint density at radius 3 is 2.71 bits per heavy atom. The number of hydrogen-bond acceptors (Lipinski definition) is 5. The van der Waals surface area contributed by atoms with Gasteiger partial charge in [0.05, 0.1) is 29.4 Å². The topological polar surface area (TPSA) is 86.4 Å². The van der Waals surface area contributed by atoms with Crippen LogP contribution in [0, 0.1) is 0 Å². The standard InChI is InChI=1S/C16H28N4O3S/c1-16(2,3)14-8-12(17-18-14)10-20(5)15(21)9-13-11-24(22,23)7-6-19(13)4/h8,13H,6-7,9-11H2,1-5H3,(H,17,18). The number of H-pyrrole nitrogens is 1. The predicted molar refractivity (Wildman–Crippen MR) is 93.5 cm³/mol. The van der Waals surface area contributed by atoms with Crippen LogP contribution < -0.4 is 0 Å². The van der Waals surface area contributed by atoms with Crippen molar-refractivity contribution >= 4 is 15.7 Å². The summed E-state index contributed by atoms with van der Waals surface area (Å²) < 4.78 is 23.6. The largest absolute Gasteiger partial charge is 0.340 e. The number of hydrogen-bond donors (Lipinski definition) is 1. The van der Waals surface area contributed by atoms with Gasteiger partial charge in [0.15, 0.2) is 9.84 Å². The van der Waals surface area contributed by atoms with Crippen molar-refractivity contribution in [3.8, 4) is 0 Å². The Labute approximate surface area is 144 Å². The molecular formula is C16H28N4O3S. The first kappa shape index (κ1) is 18.9. The molecule has 1 atom stereocenters. The van der Waals surface area contributed by atoms with Gasteiger partial charge in [0.1, 0.15) is 0 Å². The van der Waals surface area contributed by atoms with E-state index < -0.39 is 9.84 Å². The number of rotatable bonds is 4. The van der Waals surface area contributed by atoms with E-state index >= 15 is 0 Å². The molecule has 1 aliphatic rings. The van der Waals surface area contributed by atoms with Crippen LogP contribution in [0.25, 0.3) is 0 Å². The third-order valence-corrected chi connectivity index (χ3v) is 6.16. The Bertz CT molecular complexity index is 690. The van der Waals surface area contributed by atoms with Crippen LogP contribution in [0.5, 0.6) is 0 Å². The van der Waals surface area contributed by atoms with Crippen molar-refractivity contribution in [3.05, 3.63) is 17.5 Å². The van der Waals surface area contributed by atoms with Crippen LogP contribution in [0.1, 0.15) is 38.6 Å². The lowest BCUT2D eigenvalue weighted by Gasteiger charge is -2.32. The highest BCUT2D eigenvalue weighted by Crippen LogP contribution is 2.21. The maximum Gasteiger partial charge on any atom is 0.224 e. The van der Waals surface area contributed by atoms with Gasteiger partial charge in [-0.2, -0.15) is 5.10 Å². The van der Waals surface area contributed by atoms with Crippen molar-refractivity contribution in [2.45, 2.75) is 45.2 Å². The third-order valence-electron chi connectivity index (χ3n) is 4.47. The lowest BCUT2D eigenvalue weighted by molar-refractivity contribution is -0.131. The fourth-order valence-electron chi connectivity index (χ4n) is 2.71. The number of aromatic amines is 1. The molecule has 2 rings (SSSR count). The van der Waals surface area contributed by atoms with E-state index in [-0.39, 0.29) is 35.3 Å². The molecule has 0 radical (unpaired) electrons. The summed E-state index contributed by atoms with van der Waals surface area (Å²) in [6, 6.07) is 1.73. The number of carbonyl (C=O) groups excluding carboxylic acids is 1. The van der Waals surface area contributed by atoms with Crippen molar-refractivity contribution in [1.82, 2.24) is 20.0 Å². The quantitative estimate of drug-likeness (QED) is 0.862. The SMILES string of the molecule is CN(Cc1cc(C(C)(C)C)n[nH]1)C(=O)CC1CS(=O)(=O)CCN1C. The lowest BCUT2D eigenvalue weighted by atomic mass is 9.92. The number of nitrogens with one attached hydrogen (secondary N) is 1. The molecule has 7 nitrogen and oxygen atoms in total. The normalized spacial score (nSPS) is 21.6. The van der Waals surface area contributed by atoms with Crippen LogP contribution in [0.2, 0.25) is 0 Å². The van der Waals surface area contributed by atoms with E-state index in [2.05, 4.69) is 31.0 Å². The average molecular weight is 356 g/mol. The third kappa shape index (κ3) is 4.80. The Kier molecular flexibility index (Phi) is 5.39. The van der Waals surface area contributed by atoms with Gasteiger partial charge in [-0.15, -0.1) is 0 Å². The van der Waals surface area contributed by atoms with E-state index in [1.54, 1.807) is 11.9 Å². The first-order valence-electron chi connectivity index (χ1n) is 8.17. The molecule has 0 bridgehead atoms. The van der Waals surface area contributed by atoms with Crippen LogP contribution in [0.4, 0.5) is 0 Å². The fraction of sp³-hybridized carbons (Fsp3) is 0.750. The molecule has 1 aliphatic heterocycles. The van der Waals surface area contributed by atoms with Gasteiger partial charge in [0.25, 0.3) is 0 Å².